The summed E-state index contributed by atoms with van der Waals surface area (Å²) in [6.45, 7) is 7.21. The predicted molar refractivity (Wildman–Crippen MR) is 169 cm³/mol. The van der Waals surface area contributed by atoms with Crippen molar-refractivity contribution in [1.82, 2.24) is 19.4 Å². The molecule has 1 saturated heterocycles. The zero-order valence-corrected chi connectivity index (χ0v) is 26.8. The van der Waals surface area contributed by atoms with Gasteiger partial charge < -0.3 is 39.8 Å². The van der Waals surface area contributed by atoms with Gasteiger partial charge in [-0.05, 0) is 55.4 Å². The van der Waals surface area contributed by atoms with Gasteiger partial charge in [-0.25, -0.2) is 19.0 Å². The zero-order chi connectivity index (χ0) is 34.0. The summed E-state index contributed by atoms with van der Waals surface area (Å²) in [6.07, 6.45) is 1.89. The Kier molecular flexibility index (Phi) is 10.2. The minimum absolute atomic E-state index is 0.0955. The van der Waals surface area contributed by atoms with Crippen LogP contribution in [0.15, 0.2) is 16.9 Å². The Hall–Kier alpha value is -4.40. The summed E-state index contributed by atoms with van der Waals surface area (Å²) in [5.74, 6) is -1.63. The van der Waals surface area contributed by atoms with Gasteiger partial charge in [0.1, 0.15) is 25.7 Å². The van der Waals surface area contributed by atoms with E-state index in [1.807, 2.05) is 13.8 Å². The summed E-state index contributed by atoms with van der Waals surface area (Å²) < 4.78 is 26.2. The number of hydrogen-bond donors (Lipinski definition) is 3. The number of aryl methyl sites for hydroxylation is 2. The number of ether oxygens (including phenoxy) is 2. The lowest BCUT2D eigenvalue weighted by Crippen LogP contribution is -2.50. The topological polar surface area (TPSA) is 178 Å². The Balaban J connectivity index is 0.000000206. The monoisotopic (exact) mass is 653 g/mol. The fraction of sp³-hybridized carbons (Fsp3) is 0.485. The van der Waals surface area contributed by atoms with E-state index in [4.69, 9.17) is 25.3 Å². The molecule has 0 bridgehead atoms. The maximum absolute atomic E-state index is 14.5. The van der Waals surface area contributed by atoms with Crippen LogP contribution in [0.4, 0.5) is 9.18 Å². The average molecular weight is 654 g/mol. The van der Waals surface area contributed by atoms with Gasteiger partial charge in [-0.3, -0.25) is 9.59 Å². The average Bonchev–Trinajstić information content (AvgIpc) is 3.45. The van der Waals surface area contributed by atoms with Crippen LogP contribution in [-0.2, 0) is 45.1 Å². The summed E-state index contributed by atoms with van der Waals surface area (Å²) in [5.41, 5.74) is 10.9. The van der Waals surface area contributed by atoms with Crippen molar-refractivity contribution in [3.8, 4) is 11.4 Å². The van der Waals surface area contributed by atoms with Crippen molar-refractivity contribution in [3.05, 3.63) is 61.7 Å². The van der Waals surface area contributed by atoms with E-state index >= 15 is 0 Å². The van der Waals surface area contributed by atoms with Crippen LogP contribution in [0, 0.1) is 12.7 Å². The zero-order valence-electron chi connectivity index (χ0n) is 26.8. The summed E-state index contributed by atoms with van der Waals surface area (Å²) in [7, 11) is 0. The largest absolute Gasteiger partial charge is 0.458 e. The molecule has 3 aromatic rings. The maximum Gasteiger partial charge on any atom is 0.340 e. The Bertz CT molecular complexity index is 1790. The summed E-state index contributed by atoms with van der Waals surface area (Å²) in [4.78, 5) is 54.9. The second-order valence-corrected chi connectivity index (χ2v) is 11.5. The normalized spacial score (nSPS) is 17.3. The van der Waals surface area contributed by atoms with E-state index < -0.39 is 18.0 Å². The first kappa shape index (κ1) is 33.9. The number of aromatic nitrogens is 2. The molecule has 252 valence electrons. The third-order valence-electron chi connectivity index (χ3n) is 8.76. The van der Waals surface area contributed by atoms with Crippen LogP contribution >= 0.6 is 0 Å². The first-order chi connectivity index (χ1) is 22.6. The standard InChI is InChI=1S/C22H17FN2O4.C9H17N3O4.C2H6/c1-9-10-3-2-4-11-13-7-25-17(19(13)24-16(18(10)11)6-15(9)23)5-12-14(21(25)27)8-29-22(28)20(12)26;10-8(14)6-11(3-4-13)9(15)12-2-1-5-16-7-12;1-2/h5-6,20,26H,2-4,7-8H2,1H3;13H,1-7H2,(H2,10,14);1-2H3. The van der Waals surface area contributed by atoms with Gasteiger partial charge in [0.05, 0.1) is 42.2 Å². The molecular formula is C33H40FN5O8. The third kappa shape index (κ3) is 6.32. The van der Waals surface area contributed by atoms with Crippen LogP contribution in [-0.4, -0.2) is 87.1 Å². The number of nitrogens with zero attached hydrogens (tertiary/aromatic N) is 4. The van der Waals surface area contributed by atoms with E-state index in [2.05, 4.69) is 0 Å². The van der Waals surface area contributed by atoms with E-state index in [-0.39, 0.29) is 56.0 Å². The molecule has 7 rings (SSSR count). The highest BCUT2D eigenvalue weighted by molar-refractivity contribution is 5.92. The van der Waals surface area contributed by atoms with E-state index in [0.29, 0.717) is 47.7 Å². The number of halogens is 1. The van der Waals surface area contributed by atoms with E-state index in [9.17, 15) is 28.7 Å². The molecule has 0 radical (unpaired) electrons. The van der Waals surface area contributed by atoms with Crippen molar-refractivity contribution in [1.29, 1.82) is 0 Å². The highest BCUT2D eigenvalue weighted by Crippen LogP contribution is 2.42. The third-order valence-corrected chi connectivity index (χ3v) is 8.76. The minimum atomic E-state index is -1.48. The van der Waals surface area contributed by atoms with Gasteiger partial charge in [0.2, 0.25) is 5.91 Å². The second kappa shape index (κ2) is 14.2. The molecular weight excluding hydrogens is 613 g/mol. The molecule has 47 heavy (non-hydrogen) atoms. The minimum Gasteiger partial charge on any atom is -0.458 e. The van der Waals surface area contributed by atoms with Crippen LogP contribution < -0.4 is 11.3 Å². The number of nitrogens with two attached hydrogens (primary N) is 1. The molecule has 4 N–H and O–H groups in total. The lowest BCUT2D eigenvalue weighted by molar-refractivity contribution is -0.157. The lowest BCUT2D eigenvalue weighted by atomic mass is 9.85. The number of pyridine rings is 2. The fourth-order valence-corrected chi connectivity index (χ4v) is 6.56. The number of hydrogen-bond acceptors (Lipinski definition) is 9. The molecule has 1 fully saturated rings. The highest BCUT2D eigenvalue weighted by Gasteiger charge is 2.35. The Morgan fingerprint density at radius 1 is 1.13 bits per heavy atom. The number of amides is 3. The molecule has 4 aliphatic rings. The molecule has 5 heterocycles. The number of carbonyl (C=O) groups is 3. The van der Waals surface area contributed by atoms with Crippen molar-refractivity contribution >= 4 is 28.8 Å². The van der Waals surface area contributed by atoms with Crippen molar-refractivity contribution < 1.29 is 38.5 Å². The first-order valence-electron chi connectivity index (χ1n) is 15.9. The van der Waals surface area contributed by atoms with Crippen molar-refractivity contribution in [2.24, 2.45) is 5.73 Å². The van der Waals surface area contributed by atoms with Crippen LogP contribution in [0.3, 0.4) is 0 Å². The molecule has 0 saturated carbocycles. The van der Waals surface area contributed by atoms with Gasteiger partial charge in [0, 0.05) is 35.7 Å². The molecule has 13 nitrogen and oxygen atoms in total. The van der Waals surface area contributed by atoms with Gasteiger partial charge in [0.15, 0.2) is 6.10 Å². The molecule has 3 amide bonds. The number of fused-ring (bicyclic) bond motifs is 5. The van der Waals surface area contributed by atoms with E-state index in [0.717, 1.165) is 47.8 Å². The molecule has 14 heteroatoms. The Labute approximate surface area is 270 Å². The number of benzene rings is 1. The number of rotatable bonds is 4. The van der Waals surface area contributed by atoms with Gasteiger partial charge in [-0.15, -0.1) is 0 Å². The van der Waals surface area contributed by atoms with Crippen molar-refractivity contribution in [2.45, 2.75) is 65.7 Å². The number of aliphatic hydroxyl groups is 2. The van der Waals surface area contributed by atoms with E-state index in [1.54, 1.807) is 17.6 Å². The van der Waals surface area contributed by atoms with Crippen LogP contribution in [0.2, 0.25) is 0 Å². The summed E-state index contributed by atoms with van der Waals surface area (Å²) >= 11 is 0. The van der Waals surface area contributed by atoms with Gasteiger partial charge in [0.25, 0.3) is 5.56 Å². The first-order valence-corrected chi connectivity index (χ1v) is 15.9. The van der Waals surface area contributed by atoms with Gasteiger partial charge >= 0.3 is 12.0 Å². The van der Waals surface area contributed by atoms with Gasteiger partial charge in [-0.1, -0.05) is 13.8 Å². The smallest absolute Gasteiger partial charge is 0.340 e. The molecule has 1 aliphatic carbocycles. The van der Waals surface area contributed by atoms with Crippen LogP contribution in [0.25, 0.3) is 22.3 Å². The van der Waals surface area contributed by atoms with Crippen LogP contribution in [0.1, 0.15) is 66.2 Å². The Morgan fingerprint density at radius 3 is 2.55 bits per heavy atom. The molecule has 1 aromatic carbocycles. The van der Waals surface area contributed by atoms with Gasteiger partial charge in [-0.2, -0.15) is 0 Å². The Morgan fingerprint density at radius 2 is 1.87 bits per heavy atom. The number of aliphatic hydroxyl groups excluding tert-OH is 2. The number of carbonyl (C=O) groups excluding carboxylic acids is 3. The quantitative estimate of drug-likeness (QED) is 0.278. The predicted octanol–water partition coefficient (Wildman–Crippen LogP) is 2.04. The lowest BCUT2D eigenvalue weighted by Gasteiger charge is -2.31. The molecule has 0 spiro atoms. The maximum atomic E-state index is 14.5. The van der Waals surface area contributed by atoms with Crippen molar-refractivity contribution in [2.75, 3.05) is 39.6 Å². The van der Waals surface area contributed by atoms with Crippen molar-refractivity contribution in [3.63, 3.8) is 0 Å². The summed E-state index contributed by atoms with van der Waals surface area (Å²) in [6, 6.07) is 2.80. The molecule has 1 unspecified atom stereocenters. The van der Waals surface area contributed by atoms with Crippen LogP contribution in [0.5, 0.6) is 0 Å². The SMILES string of the molecule is CC.Cc1c(F)cc2nc3c(c4c2c1CCC4)Cn1c-3cc2c(c1=O)COC(=O)C2O.NC(=O)CN(CCO)C(=O)N1CCCOC1. The fourth-order valence-electron chi connectivity index (χ4n) is 6.56. The number of cyclic esters (lactones) is 1. The molecule has 2 aromatic heterocycles. The molecule has 1 atom stereocenters. The number of esters is 1. The number of primary amides is 1. The second-order valence-electron chi connectivity index (χ2n) is 11.5. The highest BCUT2D eigenvalue weighted by atomic mass is 19.1. The molecule has 3 aliphatic heterocycles. The summed E-state index contributed by atoms with van der Waals surface area (Å²) in [5, 5.41) is 20.0. The number of urea groups is 1. The van der Waals surface area contributed by atoms with E-state index in [1.165, 1.54) is 15.9 Å².